The Balaban J connectivity index is 0.00000243. The van der Waals surface area contributed by atoms with E-state index in [-0.39, 0.29) is 24.0 Å². The van der Waals surface area contributed by atoms with E-state index in [1.165, 1.54) is 23.2 Å². The van der Waals surface area contributed by atoms with Gasteiger partial charge in [0.25, 0.3) is 0 Å². The van der Waals surface area contributed by atoms with Crippen molar-refractivity contribution in [3.63, 3.8) is 0 Å². The monoisotopic (exact) mass is 467 g/mol. The van der Waals surface area contributed by atoms with Crippen molar-refractivity contribution in [1.29, 1.82) is 0 Å². The molecule has 0 bridgehead atoms. The summed E-state index contributed by atoms with van der Waals surface area (Å²) in [5, 5.41) is 8.22. The topological polar surface area (TPSA) is 45.5 Å². The molecule has 0 spiro atoms. The minimum absolute atomic E-state index is 0. The second-order valence-electron chi connectivity index (χ2n) is 7.27. The summed E-state index contributed by atoms with van der Waals surface area (Å²) in [7, 11) is 5.93. The molecule has 142 valence electrons. The molecule has 0 saturated heterocycles. The molecule has 2 aromatic rings. The molecule has 2 atom stereocenters. The quantitative estimate of drug-likeness (QED) is 0.414. The number of aliphatic imine (C=N–C) groups is 1. The van der Waals surface area contributed by atoms with Crippen LogP contribution in [0.1, 0.15) is 48.9 Å². The largest absolute Gasteiger partial charge is 0.353 e. The predicted octanol–water partition coefficient (Wildman–Crippen LogP) is 3.72. The maximum absolute atomic E-state index is 4.60. The molecule has 0 radical (unpaired) electrons. The van der Waals surface area contributed by atoms with Gasteiger partial charge in [-0.25, -0.2) is 0 Å². The highest BCUT2D eigenvalue weighted by atomic mass is 127. The van der Waals surface area contributed by atoms with Crippen molar-refractivity contribution < 1.29 is 0 Å². The lowest BCUT2D eigenvalue weighted by Crippen LogP contribution is -2.40. The molecule has 0 aliphatic heterocycles. The second-order valence-corrected chi connectivity index (χ2v) is 7.27. The van der Waals surface area contributed by atoms with Crippen molar-refractivity contribution in [2.75, 3.05) is 14.1 Å². The van der Waals surface area contributed by atoms with Crippen LogP contribution in [0.3, 0.4) is 0 Å². The van der Waals surface area contributed by atoms with Gasteiger partial charge in [0, 0.05) is 51.4 Å². The van der Waals surface area contributed by atoms with Crippen LogP contribution in [-0.4, -0.2) is 40.8 Å². The van der Waals surface area contributed by atoms with E-state index >= 15 is 0 Å². The average Bonchev–Trinajstić information content (AvgIpc) is 3.27. The minimum atomic E-state index is 0. The van der Waals surface area contributed by atoms with E-state index in [2.05, 4.69) is 77.7 Å². The zero-order chi connectivity index (χ0) is 18.0. The summed E-state index contributed by atoms with van der Waals surface area (Å²) in [5.41, 5.74) is 3.84. The highest BCUT2D eigenvalue weighted by Gasteiger charge is 2.39. The third-order valence-corrected chi connectivity index (χ3v) is 4.80. The van der Waals surface area contributed by atoms with Gasteiger partial charge in [0.15, 0.2) is 5.96 Å². The summed E-state index contributed by atoms with van der Waals surface area (Å²) >= 11 is 0. The van der Waals surface area contributed by atoms with Crippen LogP contribution in [0.25, 0.3) is 0 Å². The Morgan fingerprint density at radius 2 is 2.04 bits per heavy atom. The molecule has 2 unspecified atom stereocenters. The van der Waals surface area contributed by atoms with Crippen LogP contribution in [0.4, 0.5) is 0 Å². The molecule has 1 aromatic heterocycles. The summed E-state index contributed by atoms with van der Waals surface area (Å²) in [5.74, 6) is 1.96. The Hall–Kier alpha value is -1.57. The van der Waals surface area contributed by atoms with Crippen LogP contribution in [0.15, 0.2) is 41.5 Å². The van der Waals surface area contributed by atoms with Crippen molar-refractivity contribution in [3.05, 3.63) is 53.3 Å². The molecule has 1 aliphatic carbocycles. The van der Waals surface area contributed by atoms with Gasteiger partial charge in [0.2, 0.25) is 0 Å². The number of aryl methyl sites for hydroxylation is 1. The molecule has 1 fully saturated rings. The third kappa shape index (κ3) is 4.78. The van der Waals surface area contributed by atoms with Crippen molar-refractivity contribution in [3.8, 4) is 0 Å². The van der Waals surface area contributed by atoms with E-state index in [1.807, 2.05) is 18.8 Å². The lowest BCUT2D eigenvalue weighted by molar-refractivity contribution is 0.472. The van der Waals surface area contributed by atoms with Gasteiger partial charge in [-0.1, -0.05) is 44.2 Å². The maximum Gasteiger partial charge on any atom is 0.193 e. The normalized spacial score (nSPS) is 19.2. The van der Waals surface area contributed by atoms with Crippen LogP contribution in [0.2, 0.25) is 0 Å². The predicted molar refractivity (Wildman–Crippen MR) is 118 cm³/mol. The number of hydrogen-bond acceptors (Lipinski definition) is 2. The van der Waals surface area contributed by atoms with Gasteiger partial charge in [-0.15, -0.1) is 24.0 Å². The van der Waals surface area contributed by atoms with E-state index in [1.54, 1.807) is 0 Å². The molecular formula is C20H30IN5. The average molecular weight is 467 g/mol. The Kier molecular flexibility index (Phi) is 7.08. The van der Waals surface area contributed by atoms with Crippen LogP contribution in [-0.2, 0) is 13.6 Å². The van der Waals surface area contributed by atoms with Crippen molar-refractivity contribution in [1.82, 2.24) is 20.0 Å². The number of benzene rings is 1. The van der Waals surface area contributed by atoms with Crippen molar-refractivity contribution in [2.24, 2.45) is 12.0 Å². The fourth-order valence-electron chi connectivity index (χ4n) is 3.43. The van der Waals surface area contributed by atoms with Crippen LogP contribution in [0, 0.1) is 0 Å². The molecule has 0 amide bonds. The fourth-order valence-corrected chi connectivity index (χ4v) is 3.43. The van der Waals surface area contributed by atoms with E-state index in [9.17, 15) is 0 Å². The zero-order valence-electron chi connectivity index (χ0n) is 16.3. The highest BCUT2D eigenvalue weighted by molar-refractivity contribution is 14.0. The minimum Gasteiger partial charge on any atom is -0.353 e. The Bertz CT molecular complexity index is 738. The van der Waals surface area contributed by atoms with Gasteiger partial charge in [0.1, 0.15) is 0 Å². The molecule has 1 N–H and O–H groups in total. The Morgan fingerprint density at radius 3 is 2.65 bits per heavy atom. The van der Waals surface area contributed by atoms with Crippen molar-refractivity contribution >= 4 is 29.9 Å². The van der Waals surface area contributed by atoms with E-state index in [0.29, 0.717) is 17.9 Å². The summed E-state index contributed by atoms with van der Waals surface area (Å²) < 4.78 is 1.90. The summed E-state index contributed by atoms with van der Waals surface area (Å²) in [6.45, 7) is 5.19. The first-order valence-electron chi connectivity index (χ1n) is 9.01. The standard InChI is InChI=1S/C20H29N5.HI/c1-14(2)19-16(13-25(5)23-19)12-24(4)20(21-3)22-18-11-17(18)15-9-7-6-8-10-15;/h6-10,13-14,17-18H,11-12H2,1-5H3,(H,21,22);1H. The smallest absolute Gasteiger partial charge is 0.193 e. The van der Waals surface area contributed by atoms with Gasteiger partial charge < -0.3 is 10.2 Å². The summed E-state index contributed by atoms with van der Waals surface area (Å²) in [4.78, 5) is 6.66. The lowest BCUT2D eigenvalue weighted by atomic mass is 10.1. The second kappa shape index (κ2) is 8.88. The first-order valence-corrected chi connectivity index (χ1v) is 9.01. The highest BCUT2D eigenvalue weighted by Crippen LogP contribution is 2.40. The third-order valence-electron chi connectivity index (χ3n) is 4.80. The Labute approximate surface area is 173 Å². The van der Waals surface area contributed by atoms with Gasteiger partial charge in [-0.3, -0.25) is 9.67 Å². The molecule has 1 aliphatic rings. The van der Waals surface area contributed by atoms with Gasteiger partial charge in [-0.05, 0) is 17.9 Å². The zero-order valence-corrected chi connectivity index (χ0v) is 18.6. The number of halogens is 1. The van der Waals surface area contributed by atoms with E-state index < -0.39 is 0 Å². The maximum atomic E-state index is 4.60. The molecule has 1 aromatic carbocycles. The molecule has 26 heavy (non-hydrogen) atoms. The number of hydrogen-bond donors (Lipinski definition) is 1. The van der Waals surface area contributed by atoms with Gasteiger partial charge in [-0.2, -0.15) is 5.10 Å². The summed E-state index contributed by atoms with van der Waals surface area (Å²) in [6.07, 6.45) is 3.28. The van der Waals surface area contributed by atoms with Crippen LogP contribution < -0.4 is 5.32 Å². The molecule has 1 heterocycles. The Morgan fingerprint density at radius 1 is 1.35 bits per heavy atom. The molecular weight excluding hydrogens is 437 g/mol. The van der Waals surface area contributed by atoms with Gasteiger partial charge >= 0.3 is 0 Å². The molecule has 1 saturated carbocycles. The van der Waals surface area contributed by atoms with Crippen LogP contribution in [0.5, 0.6) is 0 Å². The SMILES string of the molecule is CN=C(NC1CC1c1ccccc1)N(C)Cc1cn(C)nc1C(C)C.I. The molecule has 6 heteroatoms. The van der Waals surface area contributed by atoms with Crippen molar-refractivity contribution in [2.45, 2.75) is 44.7 Å². The van der Waals surface area contributed by atoms with Crippen LogP contribution >= 0.6 is 24.0 Å². The lowest BCUT2D eigenvalue weighted by Gasteiger charge is -2.22. The molecule has 3 rings (SSSR count). The number of nitrogens with zero attached hydrogens (tertiary/aromatic N) is 4. The van der Waals surface area contributed by atoms with E-state index in [0.717, 1.165) is 12.5 Å². The first-order chi connectivity index (χ1) is 12.0. The van der Waals surface area contributed by atoms with Gasteiger partial charge in [0.05, 0.1) is 5.69 Å². The van der Waals surface area contributed by atoms with E-state index in [4.69, 9.17) is 0 Å². The number of aromatic nitrogens is 2. The fraction of sp³-hybridized carbons (Fsp3) is 0.500. The first kappa shape index (κ1) is 20.7. The number of rotatable bonds is 5. The number of nitrogens with one attached hydrogen (secondary N) is 1. The molecule has 5 nitrogen and oxygen atoms in total. The summed E-state index contributed by atoms with van der Waals surface area (Å²) in [6, 6.07) is 11.2. The number of guanidine groups is 1.